The fraction of sp³-hybridized carbons (Fsp3) is 0.500. The van der Waals surface area contributed by atoms with Crippen LogP contribution >= 0.6 is 11.3 Å². The van der Waals surface area contributed by atoms with Crippen molar-refractivity contribution >= 4 is 17.3 Å². The molecule has 0 saturated heterocycles. The number of aromatic nitrogens is 1. The highest BCUT2D eigenvalue weighted by atomic mass is 32.1. The Balaban J connectivity index is 0.000000370. The first-order chi connectivity index (χ1) is 13.4. The molecule has 0 aliphatic rings. The number of hydrogen-bond acceptors (Lipinski definition) is 5. The number of carboxylic acids is 1. The number of hydrogen-bond donors (Lipinski definition) is 1. The Hall–Kier alpha value is -2.06. The maximum atomic E-state index is 13.7. The summed E-state index contributed by atoms with van der Waals surface area (Å²) >= 11 is 1.34. The summed E-state index contributed by atoms with van der Waals surface area (Å²) in [4.78, 5) is 14.6. The summed E-state index contributed by atoms with van der Waals surface area (Å²) in [6.07, 6.45) is 4.97. The molecule has 0 atom stereocenters. The Bertz CT molecular complexity index is 731. The van der Waals surface area contributed by atoms with E-state index in [-0.39, 0.29) is 5.56 Å². The number of carbonyl (C=O) groups is 1. The summed E-state index contributed by atoms with van der Waals surface area (Å²) in [6, 6.07) is 2.26. The maximum absolute atomic E-state index is 13.7. The predicted molar refractivity (Wildman–Crippen MR) is 106 cm³/mol. The van der Waals surface area contributed by atoms with Gasteiger partial charge in [0.25, 0.3) is 0 Å². The van der Waals surface area contributed by atoms with Gasteiger partial charge in [-0.3, -0.25) is 0 Å². The Morgan fingerprint density at radius 3 is 2.50 bits per heavy atom. The second-order valence-corrected chi connectivity index (χ2v) is 7.05. The van der Waals surface area contributed by atoms with Gasteiger partial charge in [-0.05, 0) is 31.9 Å². The number of carboxylic acid groups (broad SMARTS) is 1. The van der Waals surface area contributed by atoms with Gasteiger partial charge < -0.3 is 14.6 Å². The minimum atomic E-state index is -1.27. The topological polar surface area (TPSA) is 68.7 Å². The van der Waals surface area contributed by atoms with Crippen LogP contribution in [0.25, 0.3) is 11.3 Å². The molecule has 0 aliphatic heterocycles. The van der Waals surface area contributed by atoms with E-state index in [0.29, 0.717) is 5.69 Å². The summed E-state index contributed by atoms with van der Waals surface area (Å²) in [7, 11) is 0. The van der Waals surface area contributed by atoms with Crippen LogP contribution in [0.5, 0.6) is 5.75 Å². The number of benzene rings is 1. The van der Waals surface area contributed by atoms with Crippen molar-refractivity contribution in [2.24, 2.45) is 0 Å². The van der Waals surface area contributed by atoms with Crippen LogP contribution in [-0.4, -0.2) is 35.9 Å². The van der Waals surface area contributed by atoms with Crippen molar-refractivity contribution in [2.75, 3.05) is 19.8 Å². The molecule has 0 unspecified atom stereocenters. The SMILES string of the molecule is CCCCCOCCC.Cc1nc(-c2ccc(F)c(F)c2OCC(=O)O)cs1. The molecular weight excluding hydrogens is 388 g/mol. The molecule has 28 heavy (non-hydrogen) atoms. The van der Waals surface area contributed by atoms with Crippen LogP contribution in [0.15, 0.2) is 17.5 Å². The van der Waals surface area contributed by atoms with Gasteiger partial charge in [-0.25, -0.2) is 14.2 Å². The van der Waals surface area contributed by atoms with Crippen molar-refractivity contribution in [2.45, 2.75) is 46.5 Å². The molecule has 2 rings (SSSR count). The number of ether oxygens (including phenoxy) is 2. The van der Waals surface area contributed by atoms with Gasteiger partial charge in [-0.2, -0.15) is 4.39 Å². The van der Waals surface area contributed by atoms with Crippen molar-refractivity contribution < 1.29 is 28.2 Å². The van der Waals surface area contributed by atoms with E-state index in [0.717, 1.165) is 30.7 Å². The third kappa shape index (κ3) is 8.31. The zero-order chi connectivity index (χ0) is 20.9. The van der Waals surface area contributed by atoms with Gasteiger partial charge in [0.15, 0.2) is 18.2 Å². The van der Waals surface area contributed by atoms with E-state index in [9.17, 15) is 13.6 Å². The summed E-state index contributed by atoms with van der Waals surface area (Å²) in [6.45, 7) is 7.26. The average Bonchev–Trinajstić information content (AvgIpc) is 3.09. The summed E-state index contributed by atoms with van der Waals surface area (Å²) in [5.41, 5.74) is 0.645. The molecule has 0 fully saturated rings. The first-order valence-corrected chi connectivity index (χ1v) is 10.1. The molecule has 1 N–H and O–H groups in total. The molecule has 1 aromatic carbocycles. The van der Waals surface area contributed by atoms with Crippen LogP contribution in [0, 0.1) is 18.6 Å². The number of thiazole rings is 1. The number of unbranched alkanes of at least 4 members (excludes halogenated alkanes) is 2. The summed E-state index contributed by atoms with van der Waals surface area (Å²) in [5.74, 6) is -4.03. The highest BCUT2D eigenvalue weighted by molar-refractivity contribution is 7.09. The number of nitrogens with zero attached hydrogens (tertiary/aromatic N) is 1. The predicted octanol–water partition coefficient (Wildman–Crippen LogP) is 5.46. The normalized spacial score (nSPS) is 10.3. The van der Waals surface area contributed by atoms with Crippen molar-refractivity contribution in [3.05, 3.63) is 34.2 Å². The van der Waals surface area contributed by atoms with E-state index >= 15 is 0 Å². The quantitative estimate of drug-likeness (QED) is 0.522. The minimum absolute atomic E-state index is 0.226. The molecule has 1 aromatic heterocycles. The molecule has 0 radical (unpaired) electrons. The molecule has 156 valence electrons. The van der Waals surface area contributed by atoms with Gasteiger partial charge in [0, 0.05) is 24.2 Å². The Kier molecular flexibility index (Phi) is 11.3. The number of aryl methyl sites for hydroxylation is 1. The Morgan fingerprint density at radius 2 is 1.93 bits per heavy atom. The second kappa shape index (κ2) is 13.2. The van der Waals surface area contributed by atoms with Gasteiger partial charge in [0.1, 0.15) is 0 Å². The summed E-state index contributed by atoms with van der Waals surface area (Å²) in [5, 5.41) is 11.0. The van der Waals surface area contributed by atoms with Gasteiger partial charge in [0.2, 0.25) is 5.82 Å². The van der Waals surface area contributed by atoms with Gasteiger partial charge >= 0.3 is 5.97 Å². The van der Waals surface area contributed by atoms with Crippen molar-refractivity contribution in [3.8, 4) is 17.0 Å². The van der Waals surface area contributed by atoms with Crippen LogP contribution in [-0.2, 0) is 9.53 Å². The first-order valence-electron chi connectivity index (χ1n) is 9.23. The lowest BCUT2D eigenvalue weighted by molar-refractivity contribution is -0.139. The van der Waals surface area contributed by atoms with Crippen LogP contribution in [0.4, 0.5) is 8.78 Å². The molecule has 8 heteroatoms. The largest absolute Gasteiger partial charge is 0.479 e. The average molecular weight is 416 g/mol. The number of aliphatic carboxylic acids is 1. The number of halogens is 2. The Labute approximate surface area is 168 Å². The molecule has 0 spiro atoms. The molecule has 5 nitrogen and oxygen atoms in total. The molecule has 2 aromatic rings. The highest BCUT2D eigenvalue weighted by Crippen LogP contribution is 2.34. The zero-order valence-corrected chi connectivity index (χ0v) is 17.3. The third-order valence-corrected chi connectivity index (χ3v) is 4.30. The van der Waals surface area contributed by atoms with Crippen LogP contribution < -0.4 is 4.74 Å². The molecule has 0 bridgehead atoms. The van der Waals surface area contributed by atoms with Gasteiger partial charge in [-0.1, -0.05) is 26.7 Å². The van der Waals surface area contributed by atoms with Crippen LogP contribution in [0.1, 0.15) is 44.5 Å². The smallest absolute Gasteiger partial charge is 0.341 e. The molecule has 0 amide bonds. The second-order valence-electron chi connectivity index (χ2n) is 5.99. The van der Waals surface area contributed by atoms with Gasteiger partial charge in [-0.15, -0.1) is 11.3 Å². The standard InChI is InChI=1S/C12H9F2NO3S.C8H18O/c1-6-15-9(5-19-6)7-2-3-8(13)11(14)12(7)18-4-10(16)17;1-3-5-6-8-9-7-4-2/h2-3,5H,4H2,1H3,(H,16,17);3-8H2,1-2H3. The lowest BCUT2D eigenvalue weighted by Crippen LogP contribution is -2.11. The Morgan fingerprint density at radius 1 is 1.18 bits per heavy atom. The fourth-order valence-electron chi connectivity index (χ4n) is 2.20. The molecule has 0 saturated carbocycles. The third-order valence-electron chi connectivity index (χ3n) is 3.53. The van der Waals surface area contributed by atoms with E-state index in [1.54, 1.807) is 12.3 Å². The van der Waals surface area contributed by atoms with Gasteiger partial charge in [0.05, 0.1) is 10.7 Å². The molecule has 0 aliphatic carbocycles. The van der Waals surface area contributed by atoms with Crippen molar-refractivity contribution in [1.82, 2.24) is 4.98 Å². The zero-order valence-electron chi connectivity index (χ0n) is 16.5. The van der Waals surface area contributed by atoms with Crippen LogP contribution in [0.3, 0.4) is 0 Å². The van der Waals surface area contributed by atoms with Crippen molar-refractivity contribution in [1.29, 1.82) is 0 Å². The number of rotatable bonds is 10. The fourth-order valence-corrected chi connectivity index (χ4v) is 2.81. The maximum Gasteiger partial charge on any atom is 0.341 e. The lowest BCUT2D eigenvalue weighted by atomic mass is 10.1. The van der Waals surface area contributed by atoms with Crippen LogP contribution in [0.2, 0.25) is 0 Å². The highest BCUT2D eigenvalue weighted by Gasteiger charge is 2.18. The van der Waals surface area contributed by atoms with E-state index < -0.39 is 30.0 Å². The van der Waals surface area contributed by atoms with Crippen molar-refractivity contribution in [3.63, 3.8) is 0 Å². The summed E-state index contributed by atoms with van der Waals surface area (Å²) < 4.78 is 37.0. The molecule has 1 heterocycles. The van der Waals surface area contributed by atoms with E-state index in [1.165, 1.54) is 36.7 Å². The van der Waals surface area contributed by atoms with E-state index in [2.05, 4.69) is 18.8 Å². The van der Waals surface area contributed by atoms with E-state index in [4.69, 9.17) is 14.6 Å². The molecular formula is C20H27F2NO4S. The lowest BCUT2D eigenvalue weighted by Gasteiger charge is -2.10. The first kappa shape index (κ1) is 24.0. The minimum Gasteiger partial charge on any atom is -0.479 e. The monoisotopic (exact) mass is 415 g/mol. The van der Waals surface area contributed by atoms with E-state index in [1.807, 2.05) is 0 Å².